The molecule has 10 heteroatoms. The van der Waals surface area contributed by atoms with Gasteiger partial charge in [-0.2, -0.15) is 8.78 Å². The van der Waals surface area contributed by atoms with Gasteiger partial charge in [0, 0.05) is 18.2 Å². The third-order valence-electron chi connectivity index (χ3n) is 4.30. The maximum atomic E-state index is 12.4. The van der Waals surface area contributed by atoms with Crippen LogP contribution in [0.5, 0.6) is 5.75 Å². The van der Waals surface area contributed by atoms with E-state index in [1.165, 1.54) is 23.9 Å². The van der Waals surface area contributed by atoms with Gasteiger partial charge in [-0.3, -0.25) is 4.79 Å². The highest BCUT2D eigenvalue weighted by atomic mass is 32.2. The van der Waals surface area contributed by atoms with E-state index >= 15 is 0 Å². The number of fused-ring (bicyclic) bond motifs is 1. The molecule has 1 aliphatic rings. The highest BCUT2D eigenvalue weighted by Crippen LogP contribution is 2.32. The number of imidazole rings is 1. The van der Waals surface area contributed by atoms with E-state index in [0.717, 1.165) is 0 Å². The molecule has 2 aromatic rings. The number of halogens is 2. The van der Waals surface area contributed by atoms with E-state index in [1.54, 1.807) is 6.07 Å². The SMILES string of the molecule is CC(C)(C)OC(=O)CC1CC(CSc2nc3ccc(OC(F)F)cc3[nH]2)OC(C)(C)O1. The van der Waals surface area contributed by atoms with Crippen LogP contribution in [-0.2, 0) is 19.0 Å². The monoisotopic (exact) mass is 458 g/mol. The minimum Gasteiger partial charge on any atom is -0.460 e. The molecule has 1 fully saturated rings. The molecule has 7 nitrogen and oxygen atoms in total. The molecule has 2 atom stereocenters. The Bertz CT molecular complexity index is 913. The van der Waals surface area contributed by atoms with Gasteiger partial charge in [0.25, 0.3) is 0 Å². The summed E-state index contributed by atoms with van der Waals surface area (Å²) in [5.74, 6) is -0.480. The lowest BCUT2D eigenvalue weighted by atomic mass is 10.1. The molecule has 0 radical (unpaired) electrons. The minimum atomic E-state index is -2.88. The molecule has 2 unspecified atom stereocenters. The van der Waals surface area contributed by atoms with Gasteiger partial charge in [0.15, 0.2) is 10.9 Å². The number of benzene rings is 1. The molecule has 0 amide bonds. The van der Waals surface area contributed by atoms with Crippen LogP contribution in [0.1, 0.15) is 47.5 Å². The number of hydrogen-bond donors (Lipinski definition) is 1. The van der Waals surface area contributed by atoms with E-state index < -0.39 is 18.0 Å². The zero-order valence-electron chi connectivity index (χ0n) is 18.2. The Morgan fingerprint density at radius 2 is 2.03 bits per heavy atom. The van der Waals surface area contributed by atoms with Gasteiger partial charge in [0.2, 0.25) is 0 Å². The van der Waals surface area contributed by atoms with Crippen molar-refractivity contribution in [2.45, 2.75) is 82.8 Å². The molecule has 1 N–H and O–H groups in total. The molecule has 31 heavy (non-hydrogen) atoms. The summed E-state index contributed by atoms with van der Waals surface area (Å²) in [6, 6.07) is 4.57. The Hall–Kier alpha value is -1.91. The van der Waals surface area contributed by atoms with Crippen molar-refractivity contribution >= 4 is 28.8 Å². The number of aromatic nitrogens is 2. The number of rotatable bonds is 7. The predicted octanol–water partition coefficient (Wildman–Crippen LogP) is 4.90. The predicted molar refractivity (Wildman–Crippen MR) is 112 cm³/mol. The van der Waals surface area contributed by atoms with Crippen LogP contribution < -0.4 is 4.74 Å². The lowest BCUT2D eigenvalue weighted by molar-refractivity contribution is -0.295. The van der Waals surface area contributed by atoms with Crippen LogP contribution in [0, 0.1) is 0 Å². The smallest absolute Gasteiger partial charge is 0.387 e. The average Bonchev–Trinajstić information content (AvgIpc) is 2.98. The van der Waals surface area contributed by atoms with Crippen LogP contribution in [0.25, 0.3) is 11.0 Å². The second-order valence-electron chi connectivity index (χ2n) is 8.82. The molecule has 0 bridgehead atoms. The molecule has 1 saturated heterocycles. The first kappa shape index (κ1) is 23.7. The van der Waals surface area contributed by atoms with Gasteiger partial charge < -0.3 is 23.9 Å². The zero-order valence-corrected chi connectivity index (χ0v) is 19.1. The second-order valence-corrected chi connectivity index (χ2v) is 9.82. The van der Waals surface area contributed by atoms with Crippen molar-refractivity contribution in [1.29, 1.82) is 0 Å². The third-order valence-corrected chi connectivity index (χ3v) is 5.31. The van der Waals surface area contributed by atoms with Gasteiger partial charge in [-0.15, -0.1) is 0 Å². The molecule has 0 saturated carbocycles. The van der Waals surface area contributed by atoms with E-state index in [2.05, 4.69) is 14.7 Å². The van der Waals surface area contributed by atoms with Gasteiger partial charge in [-0.05, 0) is 46.8 Å². The molecule has 1 aromatic carbocycles. The van der Waals surface area contributed by atoms with Gasteiger partial charge in [-0.25, -0.2) is 4.98 Å². The number of esters is 1. The summed E-state index contributed by atoms with van der Waals surface area (Å²) < 4.78 is 46.5. The number of hydrogen-bond acceptors (Lipinski definition) is 7. The fourth-order valence-corrected chi connectivity index (χ4v) is 4.29. The Balaban J connectivity index is 1.60. The minimum absolute atomic E-state index is 0.0715. The second kappa shape index (κ2) is 9.30. The van der Waals surface area contributed by atoms with Crippen molar-refractivity contribution in [1.82, 2.24) is 9.97 Å². The van der Waals surface area contributed by atoms with Gasteiger partial charge in [0.05, 0.1) is 29.7 Å². The van der Waals surface area contributed by atoms with Crippen molar-refractivity contribution in [3.63, 3.8) is 0 Å². The van der Waals surface area contributed by atoms with Crippen LogP contribution in [0.4, 0.5) is 8.78 Å². The zero-order chi connectivity index (χ0) is 22.8. The Labute approximate surface area is 184 Å². The van der Waals surface area contributed by atoms with Crippen molar-refractivity contribution in [2.75, 3.05) is 5.75 Å². The van der Waals surface area contributed by atoms with E-state index in [1.807, 2.05) is 34.6 Å². The quantitative estimate of drug-likeness (QED) is 0.467. The molecular weight excluding hydrogens is 430 g/mol. The summed E-state index contributed by atoms with van der Waals surface area (Å²) in [5.41, 5.74) is 0.714. The van der Waals surface area contributed by atoms with Crippen LogP contribution in [0.2, 0.25) is 0 Å². The molecule has 0 spiro atoms. The number of nitrogens with zero attached hydrogens (tertiary/aromatic N) is 1. The number of nitrogens with one attached hydrogen (secondary N) is 1. The number of aromatic amines is 1. The summed E-state index contributed by atoms with van der Waals surface area (Å²) in [4.78, 5) is 19.8. The van der Waals surface area contributed by atoms with Crippen molar-refractivity contribution < 1.29 is 32.5 Å². The molecule has 2 heterocycles. The largest absolute Gasteiger partial charge is 0.460 e. The van der Waals surface area contributed by atoms with E-state index in [0.29, 0.717) is 28.4 Å². The molecular formula is C21H28F2N2O5S. The van der Waals surface area contributed by atoms with Gasteiger partial charge >= 0.3 is 12.6 Å². The van der Waals surface area contributed by atoms with E-state index in [-0.39, 0.29) is 30.3 Å². The van der Waals surface area contributed by atoms with Gasteiger partial charge in [0.1, 0.15) is 11.4 Å². The number of thioether (sulfide) groups is 1. The first-order chi connectivity index (χ1) is 14.4. The summed E-state index contributed by atoms with van der Waals surface area (Å²) in [7, 11) is 0. The van der Waals surface area contributed by atoms with Crippen molar-refractivity contribution in [3.8, 4) is 5.75 Å². The molecule has 1 aromatic heterocycles. The number of ether oxygens (including phenoxy) is 4. The summed E-state index contributed by atoms with van der Waals surface area (Å²) >= 11 is 1.45. The lowest BCUT2D eigenvalue weighted by Crippen LogP contribution is -2.46. The van der Waals surface area contributed by atoms with Crippen LogP contribution in [0.3, 0.4) is 0 Å². The molecule has 172 valence electrons. The first-order valence-electron chi connectivity index (χ1n) is 10.0. The van der Waals surface area contributed by atoms with E-state index in [9.17, 15) is 13.6 Å². The molecule has 0 aliphatic carbocycles. The first-order valence-corrected chi connectivity index (χ1v) is 11.0. The number of alkyl halides is 2. The van der Waals surface area contributed by atoms with Crippen LogP contribution in [0.15, 0.2) is 23.4 Å². The van der Waals surface area contributed by atoms with Crippen LogP contribution >= 0.6 is 11.8 Å². The third kappa shape index (κ3) is 7.33. The normalized spacial score (nSPS) is 21.4. The summed E-state index contributed by atoms with van der Waals surface area (Å²) in [6.07, 6.45) is 0.228. The van der Waals surface area contributed by atoms with Crippen molar-refractivity contribution in [3.05, 3.63) is 18.2 Å². The van der Waals surface area contributed by atoms with Crippen molar-refractivity contribution in [2.24, 2.45) is 0 Å². The average molecular weight is 459 g/mol. The molecule has 3 rings (SSSR count). The fourth-order valence-electron chi connectivity index (χ4n) is 3.40. The fraction of sp³-hybridized carbons (Fsp3) is 0.619. The topological polar surface area (TPSA) is 82.7 Å². The molecule has 1 aliphatic heterocycles. The maximum absolute atomic E-state index is 12.4. The van der Waals surface area contributed by atoms with E-state index in [4.69, 9.17) is 14.2 Å². The maximum Gasteiger partial charge on any atom is 0.387 e. The lowest BCUT2D eigenvalue weighted by Gasteiger charge is -2.40. The van der Waals surface area contributed by atoms with Gasteiger partial charge in [-0.1, -0.05) is 11.8 Å². The summed E-state index contributed by atoms with van der Waals surface area (Å²) in [6.45, 7) is 6.24. The Kier molecular flexibility index (Phi) is 7.12. The Morgan fingerprint density at radius 3 is 2.71 bits per heavy atom. The highest BCUT2D eigenvalue weighted by Gasteiger charge is 2.37. The highest BCUT2D eigenvalue weighted by molar-refractivity contribution is 7.99. The standard InChI is InChI=1S/C21H28F2N2O5S/c1-20(2,3)30-17(26)10-13-8-14(29-21(4,5)28-13)11-31-19-24-15-7-6-12(27-18(22)23)9-16(15)25-19/h6-7,9,13-14,18H,8,10-11H2,1-5H3,(H,24,25). The summed E-state index contributed by atoms with van der Waals surface area (Å²) in [5, 5.41) is 0.640. The number of H-pyrrole nitrogens is 1. The van der Waals surface area contributed by atoms with Crippen LogP contribution in [-0.4, -0.2) is 51.9 Å². The number of carbonyl (C=O) groups is 1. The number of carbonyl (C=O) groups excluding carboxylic acids is 1. The Morgan fingerprint density at radius 1 is 1.32 bits per heavy atom.